The van der Waals surface area contributed by atoms with Gasteiger partial charge in [0, 0.05) is 29.4 Å². The summed E-state index contributed by atoms with van der Waals surface area (Å²) >= 11 is 1.31. The molecule has 0 atom stereocenters. The molecule has 122 valence electrons. The molecule has 0 saturated carbocycles. The van der Waals surface area contributed by atoms with Gasteiger partial charge in [-0.1, -0.05) is 6.07 Å². The molecule has 8 nitrogen and oxygen atoms in total. The van der Waals surface area contributed by atoms with Gasteiger partial charge >= 0.3 is 0 Å². The number of rotatable bonds is 3. The molecule has 1 amide bonds. The Morgan fingerprint density at radius 1 is 1.38 bits per heavy atom. The maximum Gasteiger partial charge on any atom is 0.271 e. The summed E-state index contributed by atoms with van der Waals surface area (Å²) in [5.41, 5.74) is 0.873. The van der Waals surface area contributed by atoms with E-state index in [0.29, 0.717) is 16.2 Å². The van der Waals surface area contributed by atoms with Crippen LogP contribution in [0.5, 0.6) is 0 Å². The van der Waals surface area contributed by atoms with Crippen LogP contribution in [0.2, 0.25) is 0 Å². The average molecular weight is 344 g/mol. The van der Waals surface area contributed by atoms with E-state index in [1.165, 1.54) is 40.1 Å². The molecule has 1 N–H and O–H groups in total. The molecule has 0 fully saturated rings. The lowest BCUT2D eigenvalue weighted by molar-refractivity contribution is -0.384. The second-order valence-electron chi connectivity index (χ2n) is 5.18. The van der Waals surface area contributed by atoms with Crippen molar-refractivity contribution in [3.63, 3.8) is 0 Å². The summed E-state index contributed by atoms with van der Waals surface area (Å²) in [7, 11) is 0. The van der Waals surface area contributed by atoms with Gasteiger partial charge in [0.2, 0.25) is 0 Å². The van der Waals surface area contributed by atoms with Gasteiger partial charge in [-0.2, -0.15) is 0 Å². The van der Waals surface area contributed by atoms with Gasteiger partial charge in [-0.05, 0) is 19.4 Å². The lowest BCUT2D eigenvalue weighted by atomic mass is 10.1. The molecular formula is C15H12N4O4S. The molecule has 0 aliphatic heterocycles. The molecule has 24 heavy (non-hydrogen) atoms. The molecular weight excluding hydrogens is 332 g/mol. The van der Waals surface area contributed by atoms with E-state index in [2.05, 4.69) is 10.3 Å². The molecule has 0 unspecified atom stereocenters. The summed E-state index contributed by atoms with van der Waals surface area (Å²) in [6, 6.07) is 4.14. The standard InChI is InChI=1S/C15H12N4O4S/c1-8-3-4-10(19(22)23)5-12(8)17-13(20)11-6-16-15-18(14(11)21)9(2)7-24-15/h3-7H,1-2H3,(H,17,20). The van der Waals surface area contributed by atoms with E-state index in [1.807, 2.05) is 0 Å². The first-order valence-corrected chi connectivity index (χ1v) is 7.78. The van der Waals surface area contributed by atoms with Crippen LogP contribution in [0.1, 0.15) is 21.6 Å². The quantitative estimate of drug-likeness (QED) is 0.580. The largest absolute Gasteiger partial charge is 0.321 e. The number of nitrogens with zero attached hydrogens (tertiary/aromatic N) is 3. The lowest BCUT2D eigenvalue weighted by Gasteiger charge is -2.08. The van der Waals surface area contributed by atoms with E-state index < -0.39 is 16.4 Å². The van der Waals surface area contributed by atoms with E-state index in [-0.39, 0.29) is 16.9 Å². The molecule has 0 saturated heterocycles. The number of non-ortho nitro benzene ring substituents is 1. The third-order valence-electron chi connectivity index (χ3n) is 3.54. The minimum atomic E-state index is -0.656. The van der Waals surface area contributed by atoms with Crippen molar-refractivity contribution in [1.29, 1.82) is 0 Å². The van der Waals surface area contributed by atoms with Crippen LogP contribution in [0.15, 0.2) is 34.6 Å². The monoisotopic (exact) mass is 344 g/mol. The van der Waals surface area contributed by atoms with Crippen molar-refractivity contribution in [3.05, 3.63) is 67.1 Å². The summed E-state index contributed by atoms with van der Waals surface area (Å²) in [5.74, 6) is -0.656. The Labute approximate surface area is 139 Å². The maximum absolute atomic E-state index is 12.5. The fraction of sp³-hybridized carbons (Fsp3) is 0.133. The van der Waals surface area contributed by atoms with Crippen LogP contribution >= 0.6 is 11.3 Å². The van der Waals surface area contributed by atoms with Crippen molar-refractivity contribution in [1.82, 2.24) is 9.38 Å². The first kappa shape index (κ1) is 15.8. The molecule has 2 heterocycles. The topological polar surface area (TPSA) is 107 Å². The van der Waals surface area contributed by atoms with Crippen LogP contribution in [-0.4, -0.2) is 20.2 Å². The van der Waals surface area contributed by atoms with E-state index in [0.717, 1.165) is 0 Å². The molecule has 0 aliphatic rings. The van der Waals surface area contributed by atoms with E-state index in [1.54, 1.807) is 19.2 Å². The maximum atomic E-state index is 12.5. The van der Waals surface area contributed by atoms with Crippen LogP contribution in [0.25, 0.3) is 4.96 Å². The van der Waals surface area contributed by atoms with Crippen molar-refractivity contribution in [3.8, 4) is 0 Å². The Bertz CT molecular complexity index is 1040. The molecule has 2 aromatic heterocycles. The number of nitro benzene ring substituents is 1. The number of nitro groups is 1. The van der Waals surface area contributed by atoms with Crippen LogP contribution in [-0.2, 0) is 0 Å². The predicted octanol–water partition coefficient (Wildman–Crippen LogP) is 2.53. The van der Waals surface area contributed by atoms with Gasteiger partial charge in [0.05, 0.1) is 10.6 Å². The molecule has 1 aromatic carbocycles. The number of hydrogen-bond donors (Lipinski definition) is 1. The predicted molar refractivity (Wildman–Crippen MR) is 89.9 cm³/mol. The minimum Gasteiger partial charge on any atom is -0.321 e. The van der Waals surface area contributed by atoms with Crippen molar-refractivity contribution in [2.45, 2.75) is 13.8 Å². The summed E-state index contributed by atoms with van der Waals surface area (Å²) in [4.78, 5) is 39.8. The third kappa shape index (κ3) is 2.65. The number of benzene rings is 1. The van der Waals surface area contributed by atoms with E-state index in [4.69, 9.17) is 0 Å². The lowest BCUT2D eigenvalue weighted by Crippen LogP contribution is -2.26. The second-order valence-corrected chi connectivity index (χ2v) is 6.02. The summed E-state index contributed by atoms with van der Waals surface area (Å²) < 4.78 is 1.36. The normalized spacial score (nSPS) is 10.8. The molecule has 3 aromatic rings. The first-order chi connectivity index (χ1) is 11.4. The first-order valence-electron chi connectivity index (χ1n) is 6.90. The molecule has 9 heteroatoms. The molecule has 0 aliphatic carbocycles. The van der Waals surface area contributed by atoms with Gasteiger partial charge in [-0.25, -0.2) is 4.98 Å². The zero-order valence-corrected chi connectivity index (χ0v) is 13.6. The van der Waals surface area contributed by atoms with Crippen LogP contribution in [0.4, 0.5) is 11.4 Å². The fourth-order valence-corrected chi connectivity index (χ4v) is 3.06. The number of amides is 1. The Kier molecular flexibility index (Phi) is 3.86. The van der Waals surface area contributed by atoms with Gasteiger partial charge < -0.3 is 5.32 Å². The average Bonchev–Trinajstić information content (AvgIpc) is 2.91. The van der Waals surface area contributed by atoms with Crippen molar-refractivity contribution in [2.75, 3.05) is 5.32 Å². The summed E-state index contributed by atoms with van der Waals surface area (Å²) in [6.45, 7) is 3.45. The minimum absolute atomic E-state index is 0.125. The number of aromatic nitrogens is 2. The van der Waals surface area contributed by atoms with Crippen molar-refractivity contribution >= 4 is 33.6 Å². The van der Waals surface area contributed by atoms with Crippen molar-refractivity contribution < 1.29 is 9.72 Å². The zero-order chi connectivity index (χ0) is 17.4. The summed E-state index contributed by atoms with van der Waals surface area (Å²) in [5, 5.41) is 15.2. The highest BCUT2D eigenvalue weighted by Crippen LogP contribution is 2.22. The van der Waals surface area contributed by atoms with Gasteiger partial charge in [0.25, 0.3) is 17.2 Å². The third-order valence-corrected chi connectivity index (χ3v) is 4.50. The van der Waals surface area contributed by atoms with Crippen LogP contribution < -0.4 is 10.9 Å². The number of hydrogen-bond acceptors (Lipinski definition) is 6. The highest BCUT2D eigenvalue weighted by molar-refractivity contribution is 7.15. The number of thiazole rings is 1. The SMILES string of the molecule is Cc1ccc([N+](=O)[O-])cc1NC(=O)c1cnc2scc(C)n2c1=O. The summed E-state index contributed by atoms with van der Waals surface area (Å²) in [6.07, 6.45) is 1.22. The highest BCUT2D eigenvalue weighted by atomic mass is 32.1. The highest BCUT2D eigenvalue weighted by Gasteiger charge is 2.17. The fourth-order valence-electron chi connectivity index (χ4n) is 2.23. The van der Waals surface area contributed by atoms with Crippen LogP contribution in [0.3, 0.4) is 0 Å². The Hall–Kier alpha value is -3.07. The number of carbonyl (C=O) groups excluding carboxylic acids is 1. The molecule has 0 bridgehead atoms. The molecule has 0 radical (unpaired) electrons. The van der Waals surface area contributed by atoms with E-state index >= 15 is 0 Å². The van der Waals surface area contributed by atoms with Gasteiger partial charge in [-0.3, -0.25) is 24.1 Å². The Morgan fingerprint density at radius 3 is 2.83 bits per heavy atom. The molecule has 3 rings (SSSR count). The van der Waals surface area contributed by atoms with Crippen molar-refractivity contribution in [2.24, 2.45) is 0 Å². The zero-order valence-electron chi connectivity index (χ0n) is 12.8. The van der Waals surface area contributed by atoms with Gasteiger partial charge in [0.1, 0.15) is 5.56 Å². The van der Waals surface area contributed by atoms with Crippen LogP contribution in [0, 0.1) is 24.0 Å². The van der Waals surface area contributed by atoms with E-state index in [9.17, 15) is 19.7 Å². The number of carbonyl (C=O) groups is 1. The number of nitrogens with one attached hydrogen (secondary N) is 1. The molecule has 0 spiro atoms. The second kappa shape index (κ2) is 5.85. The Morgan fingerprint density at radius 2 is 2.12 bits per heavy atom. The number of anilines is 1. The van der Waals surface area contributed by atoms with Gasteiger partial charge in [-0.15, -0.1) is 11.3 Å². The number of aryl methyl sites for hydroxylation is 2. The smallest absolute Gasteiger partial charge is 0.271 e. The Balaban J connectivity index is 2.00. The number of fused-ring (bicyclic) bond motifs is 1. The van der Waals surface area contributed by atoms with Gasteiger partial charge in [0.15, 0.2) is 4.96 Å².